The van der Waals surface area contributed by atoms with E-state index in [9.17, 15) is 0 Å². The van der Waals surface area contributed by atoms with Gasteiger partial charge in [-0.25, -0.2) is 0 Å². The first-order valence-corrected chi connectivity index (χ1v) is 5.30. The number of hydrogen-bond donors (Lipinski definition) is 2. The van der Waals surface area contributed by atoms with Crippen LogP contribution in [0.25, 0.3) is 0 Å². The van der Waals surface area contributed by atoms with Gasteiger partial charge in [0.1, 0.15) is 0 Å². The van der Waals surface area contributed by atoms with Crippen LogP contribution in [0.2, 0.25) is 0 Å². The average Bonchev–Trinajstić information content (AvgIpc) is 2.59. The SMILES string of the molecule is CCC(CC)CNC1CCNC1. The molecule has 0 aromatic heterocycles. The van der Waals surface area contributed by atoms with E-state index < -0.39 is 0 Å². The van der Waals surface area contributed by atoms with Crippen molar-refractivity contribution in [2.75, 3.05) is 19.6 Å². The van der Waals surface area contributed by atoms with Gasteiger partial charge < -0.3 is 10.6 Å². The number of hydrogen-bond acceptors (Lipinski definition) is 2. The second-order valence-electron chi connectivity index (χ2n) is 3.78. The quantitative estimate of drug-likeness (QED) is 0.651. The molecule has 0 saturated carbocycles. The molecule has 1 saturated heterocycles. The average molecular weight is 170 g/mol. The summed E-state index contributed by atoms with van der Waals surface area (Å²) in [5.74, 6) is 0.880. The van der Waals surface area contributed by atoms with Gasteiger partial charge in [-0.3, -0.25) is 0 Å². The summed E-state index contributed by atoms with van der Waals surface area (Å²) in [6.45, 7) is 8.13. The van der Waals surface area contributed by atoms with E-state index in [0.717, 1.165) is 12.0 Å². The minimum absolute atomic E-state index is 0.741. The van der Waals surface area contributed by atoms with Gasteiger partial charge in [-0.2, -0.15) is 0 Å². The van der Waals surface area contributed by atoms with Gasteiger partial charge in [0.25, 0.3) is 0 Å². The Bertz CT molecular complexity index is 102. The molecule has 2 N–H and O–H groups in total. The van der Waals surface area contributed by atoms with Crippen LogP contribution in [-0.2, 0) is 0 Å². The minimum atomic E-state index is 0.741. The van der Waals surface area contributed by atoms with E-state index in [0.29, 0.717) is 0 Å². The molecule has 0 spiro atoms. The maximum atomic E-state index is 3.62. The van der Waals surface area contributed by atoms with Gasteiger partial charge in [-0.1, -0.05) is 26.7 Å². The zero-order chi connectivity index (χ0) is 8.81. The summed E-state index contributed by atoms with van der Waals surface area (Å²) in [6.07, 6.45) is 3.92. The molecule has 0 amide bonds. The predicted molar refractivity (Wildman–Crippen MR) is 53.3 cm³/mol. The largest absolute Gasteiger partial charge is 0.315 e. The van der Waals surface area contributed by atoms with Crippen LogP contribution in [-0.4, -0.2) is 25.7 Å². The smallest absolute Gasteiger partial charge is 0.0204 e. The Balaban J connectivity index is 2.06. The molecule has 2 heteroatoms. The number of nitrogens with one attached hydrogen (secondary N) is 2. The summed E-state index contributed by atoms with van der Waals surface area (Å²) in [5, 5.41) is 6.99. The van der Waals surface area contributed by atoms with E-state index in [1.165, 1.54) is 38.9 Å². The highest BCUT2D eigenvalue weighted by Gasteiger charge is 2.14. The van der Waals surface area contributed by atoms with Crippen molar-refractivity contribution in [1.82, 2.24) is 10.6 Å². The molecule has 1 unspecified atom stereocenters. The Kier molecular flexibility index (Phi) is 4.62. The van der Waals surface area contributed by atoms with Crippen LogP contribution >= 0.6 is 0 Å². The highest BCUT2D eigenvalue weighted by atomic mass is 15.0. The van der Waals surface area contributed by atoms with E-state index >= 15 is 0 Å². The molecule has 0 bridgehead atoms. The lowest BCUT2D eigenvalue weighted by Crippen LogP contribution is -2.34. The van der Waals surface area contributed by atoms with Crippen LogP contribution in [0, 0.1) is 5.92 Å². The first-order chi connectivity index (χ1) is 5.86. The third-order valence-corrected chi connectivity index (χ3v) is 2.91. The van der Waals surface area contributed by atoms with Crippen molar-refractivity contribution in [2.45, 2.75) is 39.2 Å². The Morgan fingerprint density at radius 1 is 1.42 bits per heavy atom. The van der Waals surface area contributed by atoms with Crippen molar-refractivity contribution in [1.29, 1.82) is 0 Å². The number of rotatable bonds is 5. The van der Waals surface area contributed by atoms with Crippen molar-refractivity contribution in [3.05, 3.63) is 0 Å². The van der Waals surface area contributed by atoms with Gasteiger partial charge in [0.2, 0.25) is 0 Å². The molecule has 0 radical (unpaired) electrons. The molecule has 1 aliphatic heterocycles. The molecular weight excluding hydrogens is 148 g/mol. The topological polar surface area (TPSA) is 24.1 Å². The summed E-state index contributed by atoms with van der Waals surface area (Å²) >= 11 is 0. The maximum absolute atomic E-state index is 3.62. The maximum Gasteiger partial charge on any atom is 0.0204 e. The summed E-state index contributed by atoms with van der Waals surface area (Å²) in [7, 11) is 0. The van der Waals surface area contributed by atoms with Crippen LogP contribution in [0.3, 0.4) is 0 Å². The van der Waals surface area contributed by atoms with Crippen molar-refractivity contribution < 1.29 is 0 Å². The normalized spacial score (nSPS) is 23.8. The molecule has 2 nitrogen and oxygen atoms in total. The van der Waals surface area contributed by atoms with Crippen LogP contribution in [0.1, 0.15) is 33.1 Å². The Hall–Kier alpha value is -0.0800. The van der Waals surface area contributed by atoms with Crippen LogP contribution in [0.15, 0.2) is 0 Å². The molecule has 0 aromatic rings. The second kappa shape index (κ2) is 5.55. The highest BCUT2D eigenvalue weighted by molar-refractivity contribution is 4.77. The third kappa shape index (κ3) is 3.11. The summed E-state index contributed by atoms with van der Waals surface area (Å²) in [5.41, 5.74) is 0. The lowest BCUT2D eigenvalue weighted by Gasteiger charge is -2.16. The van der Waals surface area contributed by atoms with E-state index in [2.05, 4.69) is 24.5 Å². The lowest BCUT2D eigenvalue weighted by atomic mass is 10.0. The van der Waals surface area contributed by atoms with Gasteiger partial charge in [-0.05, 0) is 25.4 Å². The molecule has 1 atom stereocenters. The predicted octanol–water partition coefficient (Wildman–Crippen LogP) is 1.37. The molecule has 1 heterocycles. The minimum Gasteiger partial charge on any atom is -0.315 e. The van der Waals surface area contributed by atoms with Gasteiger partial charge in [-0.15, -0.1) is 0 Å². The zero-order valence-electron chi connectivity index (χ0n) is 8.40. The molecule has 0 aliphatic carbocycles. The summed E-state index contributed by atoms with van der Waals surface area (Å²) in [6, 6.07) is 0.741. The van der Waals surface area contributed by atoms with Crippen LogP contribution in [0.4, 0.5) is 0 Å². The molecule has 72 valence electrons. The van der Waals surface area contributed by atoms with Gasteiger partial charge in [0.05, 0.1) is 0 Å². The molecule has 0 aromatic carbocycles. The summed E-state index contributed by atoms with van der Waals surface area (Å²) in [4.78, 5) is 0. The fourth-order valence-electron chi connectivity index (χ4n) is 1.74. The third-order valence-electron chi connectivity index (χ3n) is 2.91. The van der Waals surface area contributed by atoms with Gasteiger partial charge in [0, 0.05) is 12.6 Å². The van der Waals surface area contributed by atoms with E-state index in [1.54, 1.807) is 0 Å². The zero-order valence-corrected chi connectivity index (χ0v) is 8.40. The Morgan fingerprint density at radius 3 is 2.67 bits per heavy atom. The standard InChI is InChI=1S/C10H22N2/c1-3-9(4-2)7-12-10-5-6-11-8-10/h9-12H,3-8H2,1-2H3. The fourth-order valence-corrected chi connectivity index (χ4v) is 1.74. The monoisotopic (exact) mass is 170 g/mol. The van der Waals surface area contributed by atoms with Crippen molar-refractivity contribution in [3.8, 4) is 0 Å². The van der Waals surface area contributed by atoms with E-state index in [4.69, 9.17) is 0 Å². The van der Waals surface area contributed by atoms with Crippen molar-refractivity contribution in [3.63, 3.8) is 0 Å². The molecular formula is C10H22N2. The lowest BCUT2D eigenvalue weighted by molar-refractivity contribution is 0.417. The molecule has 1 rings (SSSR count). The highest BCUT2D eigenvalue weighted by Crippen LogP contribution is 2.06. The second-order valence-corrected chi connectivity index (χ2v) is 3.78. The first-order valence-electron chi connectivity index (χ1n) is 5.30. The van der Waals surface area contributed by atoms with Gasteiger partial charge in [0.15, 0.2) is 0 Å². The van der Waals surface area contributed by atoms with Crippen LogP contribution in [0.5, 0.6) is 0 Å². The molecule has 12 heavy (non-hydrogen) atoms. The summed E-state index contributed by atoms with van der Waals surface area (Å²) < 4.78 is 0. The van der Waals surface area contributed by atoms with Crippen LogP contribution < -0.4 is 10.6 Å². The van der Waals surface area contributed by atoms with E-state index in [-0.39, 0.29) is 0 Å². The first kappa shape index (κ1) is 10.0. The molecule has 1 fully saturated rings. The van der Waals surface area contributed by atoms with Gasteiger partial charge >= 0.3 is 0 Å². The van der Waals surface area contributed by atoms with E-state index in [1.807, 2.05) is 0 Å². The Labute approximate surface area is 76.1 Å². The van der Waals surface area contributed by atoms with Crippen molar-refractivity contribution >= 4 is 0 Å². The Morgan fingerprint density at radius 2 is 2.17 bits per heavy atom. The van der Waals surface area contributed by atoms with Crippen molar-refractivity contribution in [2.24, 2.45) is 5.92 Å². The fraction of sp³-hybridized carbons (Fsp3) is 1.00. The molecule has 1 aliphatic rings.